The zero-order valence-electron chi connectivity index (χ0n) is 18.3. The summed E-state index contributed by atoms with van der Waals surface area (Å²) in [5, 5.41) is 3.75. The molecule has 1 aliphatic heterocycles. The number of sulfonamides is 1. The van der Waals surface area contributed by atoms with Gasteiger partial charge < -0.3 is 5.32 Å². The molecule has 0 radical (unpaired) electrons. The number of carbonyl (C=O) groups is 1. The van der Waals surface area contributed by atoms with E-state index in [1.807, 2.05) is 48.5 Å². The standard InChI is InChI=1S/C23H30ClN3O3S2/c1-2-32(29,30)27-13-11-26(12-14-27)17-19-6-5-8-20(16-19)23(28)25-10-15-31-18-21-7-3-4-9-22(21)24/h3-9,16H,2,10-15,17-18H2,1H3,(H,25,28). The zero-order chi connectivity index (χ0) is 23.0. The first-order valence-electron chi connectivity index (χ1n) is 10.8. The van der Waals surface area contributed by atoms with Crippen LogP contribution in [0.2, 0.25) is 5.02 Å². The van der Waals surface area contributed by atoms with Gasteiger partial charge in [0.15, 0.2) is 0 Å². The summed E-state index contributed by atoms with van der Waals surface area (Å²) in [5.41, 5.74) is 2.80. The van der Waals surface area contributed by atoms with Crippen LogP contribution in [0.25, 0.3) is 0 Å². The van der Waals surface area contributed by atoms with Crippen LogP contribution in [0.15, 0.2) is 48.5 Å². The Morgan fingerprint density at radius 1 is 1.09 bits per heavy atom. The minimum atomic E-state index is -3.12. The first-order valence-corrected chi connectivity index (χ1v) is 13.9. The number of rotatable bonds is 10. The molecular weight excluding hydrogens is 466 g/mol. The average Bonchev–Trinajstić information content (AvgIpc) is 2.80. The van der Waals surface area contributed by atoms with Crippen molar-refractivity contribution in [3.05, 3.63) is 70.2 Å². The van der Waals surface area contributed by atoms with Crippen LogP contribution in [0.1, 0.15) is 28.4 Å². The van der Waals surface area contributed by atoms with E-state index in [2.05, 4.69) is 10.2 Å². The smallest absolute Gasteiger partial charge is 0.251 e. The van der Waals surface area contributed by atoms with Gasteiger partial charge in [-0.05, 0) is 36.2 Å². The molecule has 0 aliphatic carbocycles. The van der Waals surface area contributed by atoms with Crippen molar-refractivity contribution in [2.24, 2.45) is 0 Å². The normalized spacial score (nSPS) is 15.6. The van der Waals surface area contributed by atoms with Crippen LogP contribution in [0.4, 0.5) is 0 Å². The maximum Gasteiger partial charge on any atom is 0.251 e. The molecule has 174 valence electrons. The SMILES string of the molecule is CCS(=O)(=O)N1CCN(Cc2cccc(C(=O)NCCSCc3ccccc3Cl)c2)CC1. The largest absolute Gasteiger partial charge is 0.351 e. The predicted molar refractivity (Wildman–Crippen MR) is 133 cm³/mol. The predicted octanol–water partition coefficient (Wildman–Crippen LogP) is 3.47. The van der Waals surface area contributed by atoms with Crippen molar-refractivity contribution in [1.82, 2.24) is 14.5 Å². The summed E-state index contributed by atoms with van der Waals surface area (Å²) < 4.78 is 25.6. The minimum Gasteiger partial charge on any atom is -0.351 e. The van der Waals surface area contributed by atoms with E-state index in [1.54, 1.807) is 23.0 Å². The van der Waals surface area contributed by atoms with Crippen molar-refractivity contribution in [1.29, 1.82) is 0 Å². The van der Waals surface area contributed by atoms with Crippen LogP contribution in [-0.4, -0.2) is 67.8 Å². The number of nitrogens with one attached hydrogen (secondary N) is 1. The first-order chi connectivity index (χ1) is 15.4. The second kappa shape index (κ2) is 12.0. The molecule has 0 atom stereocenters. The Morgan fingerprint density at radius 3 is 2.56 bits per heavy atom. The number of carbonyl (C=O) groups excluding carboxylic acids is 1. The molecule has 1 heterocycles. The maximum atomic E-state index is 12.5. The van der Waals surface area contributed by atoms with E-state index in [0.29, 0.717) is 44.8 Å². The van der Waals surface area contributed by atoms with Crippen LogP contribution >= 0.6 is 23.4 Å². The van der Waals surface area contributed by atoms with Crippen molar-refractivity contribution < 1.29 is 13.2 Å². The molecular formula is C23H30ClN3O3S2. The third-order valence-corrected chi connectivity index (χ3v) is 8.69. The molecule has 3 rings (SSSR count). The van der Waals surface area contributed by atoms with Crippen molar-refractivity contribution in [3.8, 4) is 0 Å². The van der Waals surface area contributed by atoms with Gasteiger partial charge in [-0.15, -0.1) is 0 Å². The Morgan fingerprint density at radius 2 is 1.84 bits per heavy atom. The Balaban J connectivity index is 1.42. The fourth-order valence-corrected chi connectivity index (χ4v) is 5.78. The molecule has 0 unspecified atom stereocenters. The molecule has 0 spiro atoms. The molecule has 1 saturated heterocycles. The van der Waals surface area contributed by atoms with Crippen molar-refractivity contribution in [2.45, 2.75) is 19.2 Å². The average molecular weight is 496 g/mol. The number of thioether (sulfide) groups is 1. The van der Waals surface area contributed by atoms with E-state index in [4.69, 9.17) is 11.6 Å². The maximum absolute atomic E-state index is 12.5. The van der Waals surface area contributed by atoms with E-state index in [9.17, 15) is 13.2 Å². The molecule has 1 amide bonds. The van der Waals surface area contributed by atoms with Gasteiger partial charge in [-0.1, -0.05) is 41.9 Å². The summed E-state index contributed by atoms with van der Waals surface area (Å²) in [6.45, 7) is 5.39. The molecule has 9 heteroatoms. The van der Waals surface area contributed by atoms with Gasteiger partial charge in [0.2, 0.25) is 10.0 Å². The second-order valence-electron chi connectivity index (χ2n) is 7.68. The number of nitrogens with zero attached hydrogens (tertiary/aromatic N) is 2. The third-order valence-electron chi connectivity index (χ3n) is 5.43. The number of piperazine rings is 1. The van der Waals surface area contributed by atoms with Crippen molar-refractivity contribution >= 4 is 39.3 Å². The number of amides is 1. The van der Waals surface area contributed by atoms with E-state index in [0.717, 1.165) is 27.7 Å². The fraction of sp³-hybridized carbons (Fsp3) is 0.435. The summed E-state index contributed by atoms with van der Waals surface area (Å²) in [5.74, 6) is 1.69. The van der Waals surface area contributed by atoms with Gasteiger partial charge in [-0.2, -0.15) is 16.1 Å². The van der Waals surface area contributed by atoms with Crippen LogP contribution in [-0.2, 0) is 22.3 Å². The Kier molecular flexibility index (Phi) is 9.43. The lowest BCUT2D eigenvalue weighted by Gasteiger charge is -2.33. The Bertz CT molecular complexity index is 1010. The van der Waals surface area contributed by atoms with Gasteiger partial charge in [0, 0.05) is 61.4 Å². The van der Waals surface area contributed by atoms with Crippen LogP contribution in [0.5, 0.6) is 0 Å². The van der Waals surface area contributed by atoms with Gasteiger partial charge in [0.1, 0.15) is 0 Å². The topological polar surface area (TPSA) is 69.7 Å². The quantitative estimate of drug-likeness (QED) is 0.511. The molecule has 2 aromatic rings. The van der Waals surface area contributed by atoms with Crippen LogP contribution in [0.3, 0.4) is 0 Å². The molecule has 0 saturated carbocycles. The van der Waals surface area contributed by atoms with Crippen LogP contribution in [0, 0.1) is 0 Å². The highest BCUT2D eigenvalue weighted by Crippen LogP contribution is 2.20. The lowest BCUT2D eigenvalue weighted by atomic mass is 10.1. The minimum absolute atomic E-state index is 0.0796. The molecule has 1 fully saturated rings. The lowest BCUT2D eigenvalue weighted by Crippen LogP contribution is -2.48. The third kappa shape index (κ3) is 7.22. The Labute approximate surface area is 200 Å². The summed E-state index contributed by atoms with van der Waals surface area (Å²) in [6, 6.07) is 15.4. The monoisotopic (exact) mass is 495 g/mol. The van der Waals surface area contributed by atoms with Gasteiger partial charge in [-0.25, -0.2) is 8.42 Å². The second-order valence-corrected chi connectivity index (χ2v) is 11.4. The van der Waals surface area contributed by atoms with Crippen molar-refractivity contribution in [2.75, 3.05) is 44.2 Å². The zero-order valence-corrected chi connectivity index (χ0v) is 20.7. The number of hydrogen-bond acceptors (Lipinski definition) is 5. The van der Waals surface area contributed by atoms with Gasteiger partial charge in [0.05, 0.1) is 5.75 Å². The lowest BCUT2D eigenvalue weighted by molar-refractivity contribution is 0.0956. The number of benzene rings is 2. The highest BCUT2D eigenvalue weighted by Gasteiger charge is 2.25. The molecule has 2 aromatic carbocycles. The molecule has 0 aromatic heterocycles. The fourth-order valence-electron chi connectivity index (χ4n) is 3.55. The van der Waals surface area contributed by atoms with E-state index < -0.39 is 10.0 Å². The van der Waals surface area contributed by atoms with Crippen molar-refractivity contribution in [3.63, 3.8) is 0 Å². The summed E-state index contributed by atoms with van der Waals surface area (Å²) >= 11 is 7.91. The van der Waals surface area contributed by atoms with Gasteiger partial charge in [-0.3, -0.25) is 9.69 Å². The molecule has 32 heavy (non-hydrogen) atoms. The van der Waals surface area contributed by atoms with E-state index in [-0.39, 0.29) is 11.7 Å². The first kappa shape index (κ1) is 25.1. The van der Waals surface area contributed by atoms with Gasteiger partial charge in [0.25, 0.3) is 5.91 Å². The molecule has 1 N–H and O–H groups in total. The van der Waals surface area contributed by atoms with E-state index in [1.165, 1.54) is 0 Å². The summed E-state index contributed by atoms with van der Waals surface area (Å²) in [6.07, 6.45) is 0. The van der Waals surface area contributed by atoms with Gasteiger partial charge >= 0.3 is 0 Å². The summed E-state index contributed by atoms with van der Waals surface area (Å²) in [4.78, 5) is 14.8. The molecule has 0 bridgehead atoms. The van der Waals surface area contributed by atoms with E-state index >= 15 is 0 Å². The number of halogens is 1. The Hall–Kier alpha value is -1.58. The highest BCUT2D eigenvalue weighted by atomic mass is 35.5. The summed E-state index contributed by atoms with van der Waals surface area (Å²) in [7, 11) is -3.12. The highest BCUT2D eigenvalue weighted by molar-refractivity contribution is 7.98. The molecule has 1 aliphatic rings. The van der Waals surface area contributed by atoms with Crippen LogP contribution < -0.4 is 5.32 Å². The number of hydrogen-bond donors (Lipinski definition) is 1. The molecule has 6 nitrogen and oxygen atoms in total.